The zero-order valence-electron chi connectivity index (χ0n) is 18.6. The van der Waals surface area contributed by atoms with Crippen LogP contribution in [0.5, 0.6) is 5.75 Å². The first kappa shape index (κ1) is 23.9. The maximum Gasteiger partial charge on any atom is 0.293 e. The van der Waals surface area contributed by atoms with Gasteiger partial charge in [-0.1, -0.05) is 23.4 Å². The number of fused-ring (bicyclic) bond motifs is 1. The Hall–Kier alpha value is -3.78. The highest BCUT2D eigenvalue weighted by Gasteiger charge is 2.27. The Bertz CT molecular complexity index is 1440. The fraction of sp³-hybridized carbons (Fsp3) is 0.182. The predicted octanol–water partition coefficient (Wildman–Crippen LogP) is 3.18. The van der Waals surface area contributed by atoms with Gasteiger partial charge in [0, 0.05) is 12.2 Å². The summed E-state index contributed by atoms with van der Waals surface area (Å²) in [6.45, 7) is 1.11. The third-order valence-electron chi connectivity index (χ3n) is 5.64. The van der Waals surface area contributed by atoms with E-state index in [1.165, 1.54) is 16.5 Å². The molecule has 4 aromatic rings. The number of carbonyl (C=O) groups is 1. The molecule has 0 atom stereocenters. The normalized spacial score (nSPS) is 13.2. The number of nitrogen functional groups attached to an aromatic ring is 1. The standard InChI is InChI=1S/C22H19Br2N9O3/c23-14-8-12(9-15(24)19(14)34)10-26-28-22(35)18-17(33(31-27-18)21-20(25)29-36-30-21)11-32-7-3-5-13-4-1-2-6-16(13)32/h1-2,4,6,8-10,34H,3,5,7,11H2,(H2,25,29)(H,28,35). The van der Waals surface area contributed by atoms with Crippen molar-refractivity contribution in [1.82, 2.24) is 30.7 Å². The van der Waals surface area contributed by atoms with Crippen LogP contribution in [-0.2, 0) is 13.0 Å². The number of phenolic OH excluding ortho intramolecular Hbond substituents is 1. The molecule has 0 spiro atoms. The molecule has 0 saturated carbocycles. The topological polar surface area (TPSA) is 161 Å². The number of aryl methyl sites for hydroxylation is 1. The van der Waals surface area contributed by atoms with Crippen LogP contribution in [0.4, 0.5) is 11.5 Å². The quantitative estimate of drug-likeness (QED) is 0.218. The fourth-order valence-electron chi connectivity index (χ4n) is 3.96. The van der Waals surface area contributed by atoms with Gasteiger partial charge in [-0.2, -0.15) is 9.78 Å². The Balaban J connectivity index is 1.44. The molecule has 12 nitrogen and oxygen atoms in total. The number of aromatic hydroxyl groups is 1. The second-order valence-electron chi connectivity index (χ2n) is 7.96. The van der Waals surface area contributed by atoms with Crippen molar-refractivity contribution in [3.05, 3.63) is 67.9 Å². The lowest BCUT2D eigenvalue weighted by molar-refractivity contribution is 0.0949. The molecule has 2 aromatic carbocycles. The summed E-state index contributed by atoms with van der Waals surface area (Å²) in [6, 6.07) is 11.5. The molecular weight excluding hydrogens is 598 g/mol. The second-order valence-corrected chi connectivity index (χ2v) is 9.66. The molecule has 1 amide bonds. The molecular formula is C22H19Br2N9O3. The first-order valence-corrected chi connectivity index (χ1v) is 12.4. The average Bonchev–Trinajstić information content (AvgIpc) is 3.48. The van der Waals surface area contributed by atoms with Crippen LogP contribution in [-0.4, -0.2) is 49.1 Å². The summed E-state index contributed by atoms with van der Waals surface area (Å²) >= 11 is 6.53. The van der Waals surface area contributed by atoms with Gasteiger partial charge in [-0.05, 0) is 84.3 Å². The third-order valence-corrected chi connectivity index (χ3v) is 6.85. The number of hydrazone groups is 1. The summed E-state index contributed by atoms with van der Waals surface area (Å²) in [5, 5.41) is 29.5. The van der Waals surface area contributed by atoms with Crippen molar-refractivity contribution < 1.29 is 14.5 Å². The van der Waals surface area contributed by atoms with Gasteiger partial charge in [-0.15, -0.1) is 5.10 Å². The van der Waals surface area contributed by atoms with Gasteiger partial charge >= 0.3 is 0 Å². The second kappa shape index (κ2) is 10.1. The molecule has 36 heavy (non-hydrogen) atoms. The van der Waals surface area contributed by atoms with Gasteiger partial charge in [0.1, 0.15) is 5.75 Å². The fourth-order valence-corrected chi connectivity index (χ4v) is 5.18. The number of amides is 1. The van der Waals surface area contributed by atoms with Crippen LogP contribution in [0.1, 0.15) is 33.7 Å². The summed E-state index contributed by atoms with van der Waals surface area (Å²) < 4.78 is 7.06. The molecule has 184 valence electrons. The monoisotopic (exact) mass is 615 g/mol. The van der Waals surface area contributed by atoms with Crippen molar-refractivity contribution in [3.8, 4) is 11.6 Å². The van der Waals surface area contributed by atoms with Crippen molar-refractivity contribution >= 4 is 55.5 Å². The van der Waals surface area contributed by atoms with E-state index in [2.05, 4.69) is 74.0 Å². The third kappa shape index (κ3) is 4.68. The largest absolute Gasteiger partial charge is 0.506 e. The van der Waals surface area contributed by atoms with E-state index < -0.39 is 5.91 Å². The minimum absolute atomic E-state index is 0.0219. The smallest absolute Gasteiger partial charge is 0.293 e. The zero-order chi connectivity index (χ0) is 25.2. The average molecular weight is 617 g/mol. The zero-order valence-corrected chi connectivity index (χ0v) is 21.8. The van der Waals surface area contributed by atoms with E-state index in [0.717, 1.165) is 25.1 Å². The highest BCUT2D eigenvalue weighted by molar-refractivity contribution is 9.11. The van der Waals surface area contributed by atoms with Crippen molar-refractivity contribution in [1.29, 1.82) is 0 Å². The number of phenols is 1. The number of aromatic nitrogens is 5. The van der Waals surface area contributed by atoms with E-state index in [9.17, 15) is 9.90 Å². The lowest BCUT2D eigenvalue weighted by Crippen LogP contribution is -2.31. The minimum Gasteiger partial charge on any atom is -0.506 e. The number of carbonyl (C=O) groups excluding carboxylic acids is 1. The van der Waals surface area contributed by atoms with Crippen molar-refractivity contribution in [2.45, 2.75) is 19.4 Å². The maximum atomic E-state index is 13.1. The molecule has 0 bridgehead atoms. The van der Waals surface area contributed by atoms with Crippen LogP contribution in [0, 0.1) is 0 Å². The van der Waals surface area contributed by atoms with Gasteiger partial charge < -0.3 is 15.7 Å². The van der Waals surface area contributed by atoms with Gasteiger partial charge in [0.2, 0.25) is 11.6 Å². The van der Waals surface area contributed by atoms with Crippen LogP contribution in [0.15, 0.2) is 55.1 Å². The summed E-state index contributed by atoms with van der Waals surface area (Å²) in [5.41, 5.74) is 11.8. The molecule has 0 unspecified atom stereocenters. The van der Waals surface area contributed by atoms with Crippen LogP contribution in [0.2, 0.25) is 0 Å². The highest BCUT2D eigenvalue weighted by Crippen LogP contribution is 2.33. The number of halogens is 2. The number of hydrogen-bond donors (Lipinski definition) is 3. The summed E-state index contributed by atoms with van der Waals surface area (Å²) in [7, 11) is 0. The Labute approximate surface area is 221 Å². The van der Waals surface area contributed by atoms with Crippen molar-refractivity contribution in [3.63, 3.8) is 0 Å². The van der Waals surface area contributed by atoms with Crippen molar-refractivity contribution in [2.24, 2.45) is 5.10 Å². The molecule has 0 saturated heterocycles. The van der Waals surface area contributed by atoms with E-state index >= 15 is 0 Å². The number of nitrogens with one attached hydrogen (secondary N) is 1. The molecule has 2 aromatic heterocycles. The minimum atomic E-state index is -0.565. The number of rotatable bonds is 6. The summed E-state index contributed by atoms with van der Waals surface area (Å²) in [6.07, 6.45) is 3.39. The Morgan fingerprint density at radius 3 is 2.78 bits per heavy atom. The number of hydrogen-bond acceptors (Lipinski definition) is 10. The Morgan fingerprint density at radius 2 is 2.03 bits per heavy atom. The molecule has 4 N–H and O–H groups in total. The number of benzene rings is 2. The molecule has 3 heterocycles. The molecule has 1 aliphatic rings. The Morgan fingerprint density at radius 1 is 1.25 bits per heavy atom. The van der Waals surface area contributed by atoms with Crippen LogP contribution in [0.3, 0.4) is 0 Å². The predicted molar refractivity (Wildman–Crippen MR) is 138 cm³/mol. The first-order chi connectivity index (χ1) is 17.4. The lowest BCUT2D eigenvalue weighted by Gasteiger charge is -2.31. The van der Waals surface area contributed by atoms with Crippen molar-refractivity contribution in [2.75, 3.05) is 17.2 Å². The van der Waals surface area contributed by atoms with E-state index in [4.69, 9.17) is 10.4 Å². The summed E-state index contributed by atoms with van der Waals surface area (Å²) in [4.78, 5) is 15.2. The number of nitrogens with zero attached hydrogens (tertiary/aromatic N) is 7. The van der Waals surface area contributed by atoms with Gasteiger partial charge in [0.25, 0.3) is 5.91 Å². The summed E-state index contributed by atoms with van der Waals surface area (Å²) in [5.74, 6) is -0.333. The molecule has 14 heteroatoms. The van der Waals surface area contributed by atoms with Gasteiger partial charge in [0.05, 0.1) is 27.4 Å². The molecule has 1 aliphatic heterocycles. The van der Waals surface area contributed by atoms with E-state index in [-0.39, 0.29) is 23.1 Å². The first-order valence-electron chi connectivity index (χ1n) is 10.8. The van der Waals surface area contributed by atoms with Gasteiger partial charge in [0.15, 0.2) is 5.69 Å². The van der Waals surface area contributed by atoms with E-state index in [0.29, 0.717) is 26.7 Å². The SMILES string of the molecule is Nc1nonc1-n1nnc(C(=O)NN=Cc2cc(Br)c(O)c(Br)c2)c1CN1CCCc2ccccc21. The van der Waals surface area contributed by atoms with Crippen LogP contribution < -0.4 is 16.1 Å². The number of nitrogens with two attached hydrogens (primary N) is 1. The number of anilines is 2. The lowest BCUT2D eigenvalue weighted by atomic mass is 10.0. The van der Waals surface area contributed by atoms with Crippen LogP contribution in [0.25, 0.3) is 5.82 Å². The molecule has 0 aliphatic carbocycles. The molecule has 0 fully saturated rings. The number of para-hydroxylation sites is 1. The Kier molecular flexibility index (Phi) is 6.69. The highest BCUT2D eigenvalue weighted by atomic mass is 79.9. The van der Waals surface area contributed by atoms with Gasteiger partial charge in [-0.3, -0.25) is 4.79 Å². The maximum absolute atomic E-state index is 13.1. The molecule has 5 rings (SSSR count). The van der Waals surface area contributed by atoms with E-state index in [1.54, 1.807) is 12.1 Å². The van der Waals surface area contributed by atoms with E-state index in [1.807, 2.05) is 18.2 Å². The molecule has 0 radical (unpaired) electrons. The van der Waals surface area contributed by atoms with Crippen LogP contribution >= 0.6 is 31.9 Å². The van der Waals surface area contributed by atoms with Gasteiger partial charge in [-0.25, -0.2) is 10.1 Å².